The second-order valence-electron chi connectivity index (χ2n) is 2.79. The molecule has 0 N–H and O–H groups in total. The first-order valence-electron chi connectivity index (χ1n) is 4.11. The minimum absolute atomic E-state index is 0.0307. The standard InChI is InChI=1S/C10H6BrF2NO2/c1-16-10(15)6-3-2-5(4-14)7(8(6)11)9(12)13/h2-3,9H,1H3. The lowest BCUT2D eigenvalue weighted by atomic mass is 10.1. The number of benzene rings is 1. The number of hydrogen-bond donors (Lipinski definition) is 0. The number of carbonyl (C=O) groups excluding carboxylic acids is 1. The lowest BCUT2D eigenvalue weighted by molar-refractivity contribution is 0.0599. The van der Waals surface area contributed by atoms with Crippen LogP contribution < -0.4 is 0 Å². The first kappa shape index (κ1) is 12.6. The van der Waals surface area contributed by atoms with Crippen LogP contribution in [-0.4, -0.2) is 13.1 Å². The molecule has 0 unspecified atom stereocenters. The van der Waals surface area contributed by atoms with Crippen LogP contribution in [0.5, 0.6) is 0 Å². The Hall–Kier alpha value is -1.48. The molecule has 0 saturated heterocycles. The lowest BCUT2D eigenvalue weighted by Gasteiger charge is -2.09. The zero-order valence-corrected chi connectivity index (χ0v) is 9.72. The molecule has 0 aromatic heterocycles. The maximum absolute atomic E-state index is 12.7. The Morgan fingerprint density at radius 3 is 2.62 bits per heavy atom. The van der Waals surface area contributed by atoms with Crippen molar-refractivity contribution in [1.82, 2.24) is 0 Å². The summed E-state index contributed by atoms with van der Waals surface area (Å²) in [5, 5.41) is 8.66. The summed E-state index contributed by atoms with van der Waals surface area (Å²) in [5.74, 6) is -0.738. The van der Waals surface area contributed by atoms with Gasteiger partial charge in [-0.3, -0.25) is 0 Å². The quantitative estimate of drug-likeness (QED) is 0.786. The predicted octanol–water partition coefficient (Wildman–Crippen LogP) is 3.04. The third-order valence-electron chi connectivity index (χ3n) is 1.92. The van der Waals surface area contributed by atoms with E-state index in [9.17, 15) is 13.6 Å². The number of nitrogens with zero attached hydrogens (tertiary/aromatic N) is 1. The van der Waals surface area contributed by atoms with Gasteiger partial charge in [0, 0.05) is 4.47 Å². The van der Waals surface area contributed by atoms with E-state index < -0.39 is 18.0 Å². The van der Waals surface area contributed by atoms with Gasteiger partial charge in [0.25, 0.3) is 6.43 Å². The molecule has 0 atom stereocenters. The van der Waals surface area contributed by atoms with Gasteiger partial charge in [0.1, 0.15) is 0 Å². The van der Waals surface area contributed by atoms with Crippen molar-refractivity contribution < 1.29 is 18.3 Å². The number of alkyl halides is 2. The fourth-order valence-electron chi connectivity index (χ4n) is 1.17. The Morgan fingerprint density at radius 2 is 2.19 bits per heavy atom. The molecule has 0 radical (unpaired) electrons. The molecule has 1 aromatic carbocycles. The number of methoxy groups -OCH3 is 1. The molecule has 16 heavy (non-hydrogen) atoms. The van der Waals surface area contributed by atoms with Gasteiger partial charge in [-0.1, -0.05) is 0 Å². The van der Waals surface area contributed by atoms with E-state index in [1.54, 1.807) is 6.07 Å². The van der Waals surface area contributed by atoms with Gasteiger partial charge in [-0.05, 0) is 28.1 Å². The molecule has 1 rings (SSSR count). The number of rotatable bonds is 2. The summed E-state index contributed by atoms with van der Waals surface area (Å²) in [4.78, 5) is 11.2. The minimum Gasteiger partial charge on any atom is -0.465 e. The summed E-state index contributed by atoms with van der Waals surface area (Å²) in [5.41, 5.74) is -0.697. The van der Waals surface area contributed by atoms with Gasteiger partial charge >= 0.3 is 5.97 Å². The third-order valence-corrected chi connectivity index (χ3v) is 2.78. The zero-order chi connectivity index (χ0) is 12.3. The van der Waals surface area contributed by atoms with Crippen molar-refractivity contribution in [3.8, 4) is 6.07 Å². The molecule has 0 aliphatic heterocycles. The molecule has 0 bridgehead atoms. The van der Waals surface area contributed by atoms with Crippen molar-refractivity contribution in [2.24, 2.45) is 0 Å². The van der Waals surface area contributed by atoms with Gasteiger partial charge in [0.15, 0.2) is 0 Å². The molecular weight excluding hydrogens is 284 g/mol. The van der Waals surface area contributed by atoms with Crippen LogP contribution in [0, 0.1) is 11.3 Å². The molecule has 0 aliphatic rings. The molecule has 3 nitrogen and oxygen atoms in total. The molecule has 0 saturated carbocycles. The average Bonchev–Trinajstić information content (AvgIpc) is 2.26. The van der Waals surface area contributed by atoms with Crippen LogP contribution in [-0.2, 0) is 4.74 Å². The van der Waals surface area contributed by atoms with E-state index in [-0.39, 0.29) is 15.6 Å². The second-order valence-corrected chi connectivity index (χ2v) is 3.59. The molecule has 0 aliphatic carbocycles. The second kappa shape index (κ2) is 5.03. The van der Waals surface area contributed by atoms with E-state index >= 15 is 0 Å². The smallest absolute Gasteiger partial charge is 0.339 e. The average molecular weight is 290 g/mol. The lowest BCUT2D eigenvalue weighted by Crippen LogP contribution is -2.05. The first-order chi connectivity index (χ1) is 7.52. The molecular formula is C10H6BrF2NO2. The van der Waals surface area contributed by atoms with Gasteiger partial charge in [-0.15, -0.1) is 0 Å². The van der Waals surface area contributed by atoms with Gasteiger partial charge in [0.05, 0.1) is 29.9 Å². The monoisotopic (exact) mass is 289 g/mol. The summed E-state index contributed by atoms with van der Waals surface area (Å²) >= 11 is 2.88. The Morgan fingerprint density at radius 1 is 1.56 bits per heavy atom. The van der Waals surface area contributed by atoms with Gasteiger partial charge in [-0.25, -0.2) is 13.6 Å². The van der Waals surface area contributed by atoms with Crippen LogP contribution in [0.4, 0.5) is 8.78 Å². The van der Waals surface area contributed by atoms with Crippen LogP contribution in [0.25, 0.3) is 0 Å². The Balaban J connectivity index is 3.45. The van der Waals surface area contributed by atoms with Crippen LogP contribution in [0.3, 0.4) is 0 Å². The highest BCUT2D eigenvalue weighted by Gasteiger charge is 2.22. The molecule has 84 valence electrons. The predicted molar refractivity (Wildman–Crippen MR) is 55.2 cm³/mol. The Labute approximate surface area is 98.8 Å². The van der Waals surface area contributed by atoms with Gasteiger partial charge < -0.3 is 4.74 Å². The largest absolute Gasteiger partial charge is 0.465 e. The number of halogens is 3. The topological polar surface area (TPSA) is 50.1 Å². The maximum Gasteiger partial charge on any atom is 0.339 e. The van der Waals surface area contributed by atoms with Crippen molar-refractivity contribution >= 4 is 21.9 Å². The molecule has 0 amide bonds. The summed E-state index contributed by atoms with van der Waals surface area (Å²) in [7, 11) is 1.15. The summed E-state index contributed by atoms with van der Waals surface area (Å²) in [6, 6.07) is 4.07. The highest BCUT2D eigenvalue weighted by Crippen LogP contribution is 2.33. The Kier molecular flexibility index (Phi) is 3.96. The van der Waals surface area contributed by atoms with E-state index in [1.807, 2.05) is 0 Å². The fraction of sp³-hybridized carbons (Fsp3) is 0.200. The third kappa shape index (κ3) is 2.19. The molecule has 1 aromatic rings. The minimum atomic E-state index is -2.84. The maximum atomic E-state index is 12.7. The van der Waals surface area contributed by atoms with E-state index in [0.717, 1.165) is 7.11 Å². The van der Waals surface area contributed by atoms with E-state index in [1.165, 1.54) is 12.1 Å². The van der Waals surface area contributed by atoms with Crippen molar-refractivity contribution in [3.63, 3.8) is 0 Å². The number of ether oxygens (including phenoxy) is 1. The van der Waals surface area contributed by atoms with Crippen molar-refractivity contribution in [3.05, 3.63) is 33.3 Å². The molecule has 6 heteroatoms. The van der Waals surface area contributed by atoms with E-state index in [4.69, 9.17) is 5.26 Å². The highest BCUT2D eigenvalue weighted by atomic mass is 79.9. The van der Waals surface area contributed by atoms with Crippen molar-refractivity contribution in [2.75, 3.05) is 7.11 Å². The molecule has 0 spiro atoms. The van der Waals surface area contributed by atoms with E-state index in [2.05, 4.69) is 20.7 Å². The summed E-state index contributed by atoms with van der Waals surface area (Å²) in [6.45, 7) is 0. The normalized spacial score (nSPS) is 10.0. The van der Waals surface area contributed by atoms with Gasteiger partial charge in [-0.2, -0.15) is 5.26 Å². The number of hydrogen-bond acceptors (Lipinski definition) is 3. The fourth-order valence-corrected chi connectivity index (χ4v) is 1.85. The van der Waals surface area contributed by atoms with Crippen LogP contribution in [0.15, 0.2) is 16.6 Å². The first-order valence-corrected chi connectivity index (χ1v) is 4.91. The van der Waals surface area contributed by atoms with Crippen LogP contribution in [0.1, 0.15) is 27.9 Å². The highest BCUT2D eigenvalue weighted by molar-refractivity contribution is 9.10. The number of carbonyl (C=O) groups is 1. The van der Waals surface area contributed by atoms with E-state index in [0.29, 0.717) is 0 Å². The Bertz CT molecular complexity index is 469. The molecule has 0 heterocycles. The van der Waals surface area contributed by atoms with Crippen molar-refractivity contribution in [2.45, 2.75) is 6.43 Å². The summed E-state index contributed by atoms with van der Waals surface area (Å²) in [6.07, 6.45) is -2.84. The SMILES string of the molecule is COC(=O)c1ccc(C#N)c(C(F)F)c1Br. The number of esters is 1. The molecule has 0 fully saturated rings. The number of nitriles is 1. The van der Waals surface area contributed by atoms with Crippen molar-refractivity contribution in [1.29, 1.82) is 5.26 Å². The van der Waals surface area contributed by atoms with Gasteiger partial charge in [0.2, 0.25) is 0 Å². The van der Waals surface area contributed by atoms with Crippen LogP contribution >= 0.6 is 15.9 Å². The summed E-state index contributed by atoms with van der Waals surface area (Å²) < 4.78 is 29.7. The van der Waals surface area contributed by atoms with Crippen LogP contribution in [0.2, 0.25) is 0 Å². The zero-order valence-electron chi connectivity index (χ0n) is 8.13.